The van der Waals surface area contributed by atoms with Gasteiger partial charge in [-0.25, -0.2) is 4.98 Å². The zero-order valence-corrected chi connectivity index (χ0v) is 9.94. The van der Waals surface area contributed by atoms with E-state index in [2.05, 4.69) is 9.97 Å². The van der Waals surface area contributed by atoms with Gasteiger partial charge in [-0.2, -0.15) is 0 Å². The summed E-state index contributed by atoms with van der Waals surface area (Å²) >= 11 is 8.74. The van der Waals surface area contributed by atoms with Crippen LogP contribution in [0.4, 0.5) is 0 Å². The van der Waals surface area contributed by atoms with E-state index in [1.165, 1.54) is 23.1 Å². The lowest BCUT2D eigenvalue weighted by Crippen LogP contribution is -1.75. The molecule has 0 aliphatic carbocycles. The summed E-state index contributed by atoms with van der Waals surface area (Å²) in [6, 6.07) is 3.80. The monoisotopic (exact) mass is 258 g/mol. The van der Waals surface area contributed by atoms with Gasteiger partial charge in [-0.1, -0.05) is 23.4 Å². The summed E-state index contributed by atoms with van der Waals surface area (Å²) in [5.74, 6) is 0. The molecule has 15 heavy (non-hydrogen) atoms. The van der Waals surface area contributed by atoms with Crippen LogP contribution in [0.1, 0.15) is 4.88 Å². The Hall–Kier alpha value is -0.620. The van der Waals surface area contributed by atoms with E-state index in [0.717, 1.165) is 9.24 Å². The first-order valence-electron chi connectivity index (χ1n) is 4.13. The molecule has 0 saturated heterocycles. The van der Waals surface area contributed by atoms with Gasteiger partial charge in [0.25, 0.3) is 0 Å². The highest BCUT2D eigenvalue weighted by Crippen LogP contribution is 2.34. The number of halogens is 1. The number of aromatic nitrogens is 2. The Morgan fingerprint density at radius 3 is 2.73 bits per heavy atom. The third kappa shape index (κ3) is 2.69. The molecular formula is C9H7ClN2OS2. The largest absolute Gasteiger partial charge is 0.391 e. The molecule has 0 bridgehead atoms. The van der Waals surface area contributed by atoms with Crippen LogP contribution in [-0.2, 0) is 6.61 Å². The molecule has 0 spiro atoms. The van der Waals surface area contributed by atoms with Gasteiger partial charge in [0.05, 0.1) is 11.5 Å². The first-order valence-corrected chi connectivity index (χ1v) is 6.14. The molecule has 2 aromatic rings. The Morgan fingerprint density at radius 1 is 1.40 bits per heavy atom. The molecule has 0 atom stereocenters. The molecule has 0 radical (unpaired) electrons. The van der Waals surface area contributed by atoms with Crippen molar-refractivity contribution >= 4 is 34.7 Å². The Labute approximate surface area is 100 Å². The Balaban J connectivity index is 2.18. The summed E-state index contributed by atoms with van der Waals surface area (Å²) in [5.41, 5.74) is 0. The molecule has 0 saturated carbocycles. The average molecular weight is 259 g/mol. The Morgan fingerprint density at radius 2 is 2.13 bits per heavy atom. The molecule has 2 aromatic heterocycles. The number of hydrogen-bond acceptors (Lipinski definition) is 5. The van der Waals surface area contributed by atoms with E-state index in [-0.39, 0.29) is 6.61 Å². The van der Waals surface area contributed by atoms with Crippen molar-refractivity contribution in [2.75, 3.05) is 0 Å². The lowest BCUT2D eigenvalue weighted by molar-refractivity contribution is 0.285. The van der Waals surface area contributed by atoms with Crippen molar-refractivity contribution in [2.24, 2.45) is 0 Å². The number of thiazole rings is 1. The molecule has 6 heteroatoms. The average Bonchev–Trinajstić information content (AvgIpc) is 2.60. The van der Waals surface area contributed by atoms with Crippen molar-refractivity contribution in [1.29, 1.82) is 0 Å². The van der Waals surface area contributed by atoms with Crippen LogP contribution in [0, 0.1) is 0 Å². The molecule has 3 nitrogen and oxygen atoms in total. The Kier molecular flexibility index (Phi) is 3.58. The van der Waals surface area contributed by atoms with E-state index < -0.39 is 0 Å². The van der Waals surface area contributed by atoms with E-state index in [9.17, 15) is 0 Å². The van der Waals surface area contributed by atoms with Gasteiger partial charge in [0, 0.05) is 17.3 Å². The van der Waals surface area contributed by atoms with Gasteiger partial charge >= 0.3 is 0 Å². The standard InChI is InChI=1S/C9H7ClN2OS2/c10-8-7(5-13)15-9(12-8)14-6-1-3-11-4-2-6/h1-4,13H,5H2. The highest BCUT2D eigenvalue weighted by molar-refractivity contribution is 8.01. The molecule has 0 aromatic carbocycles. The smallest absolute Gasteiger partial charge is 0.156 e. The lowest BCUT2D eigenvalue weighted by atomic mass is 10.5. The van der Waals surface area contributed by atoms with Crippen LogP contribution in [0.25, 0.3) is 0 Å². The van der Waals surface area contributed by atoms with Crippen LogP contribution in [0.3, 0.4) is 0 Å². The van der Waals surface area contributed by atoms with Gasteiger partial charge in [0.15, 0.2) is 4.34 Å². The first-order chi connectivity index (χ1) is 7.29. The maximum absolute atomic E-state index is 8.96. The molecule has 2 rings (SSSR count). The summed E-state index contributed by atoms with van der Waals surface area (Å²) in [5, 5.41) is 9.35. The number of hydrogen-bond donors (Lipinski definition) is 1. The molecule has 0 fully saturated rings. The third-order valence-electron chi connectivity index (χ3n) is 1.63. The lowest BCUT2D eigenvalue weighted by Gasteiger charge is -1.94. The van der Waals surface area contributed by atoms with Crippen LogP contribution in [0.2, 0.25) is 5.15 Å². The quantitative estimate of drug-likeness (QED) is 0.920. The van der Waals surface area contributed by atoms with Gasteiger partial charge in [0.2, 0.25) is 0 Å². The number of rotatable bonds is 3. The van der Waals surface area contributed by atoms with Gasteiger partial charge in [-0.3, -0.25) is 4.98 Å². The predicted octanol–water partition coefficient (Wildman–Crippen LogP) is 2.83. The zero-order chi connectivity index (χ0) is 10.7. The maximum Gasteiger partial charge on any atom is 0.156 e. The van der Waals surface area contributed by atoms with E-state index in [4.69, 9.17) is 16.7 Å². The fraction of sp³-hybridized carbons (Fsp3) is 0.111. The van der Waals surface area contributed by atoms with Gasteiger partial charge in [-0.05, 0) is 12.1 Å². The van der Waals surface area contributed by atoms with Crippen molar-refractivity contribution < 1.29 is 5.11 Å². The van der Waals surface area contributed by atoms with Crippen LogP contribution in [0.5, 0.6) is 0 Å². The molecule has 0 unspecified atom stereocenters. The number of pyridine rings is 1. The third-order valence-corrected chi connectivity index (χ3v) is 4.16. The highest BCUT2D eigenvalue weighted by Gasteiger charge is 2.09. The summed E-state index contributed by atoms with van der Waals surface area (Å²) in [7, 11) is 0. The molecule has 2 heterocycles. The minimum Gasteiger partial charge on any atom is -0.391 e. The van der Waals surface area contributed by atoms with Crippen LogP contribution < -0.4 is 0 Å². The van der Waals surface area contributed by atoms with Gasteiger partial charge < -0.3 is 5.11 Å². The molecular weight excluding hydrogens is 252 g/mol. The minimum absolute atomic E-state index is 0.0621. The Bertz CT molecular complexity index is 447. The normalized spacial score (nSPS) is 10.5. The molecule has 1 N–H and O–H groups in total. The summed E-state index contributed by atoms with van der Waals surface area (Å²) < 4.78 is 0.829. The van der Waals surface area contributed by atoms with E-state index in [1.54, 1.807) is 12.4 Å². The first kappa shape index (κ1) is 10.9. The van der Waals surface area contributed by atoms with Crippen molar-refractivity contribution in [2.45, 2.75) is 15.8 Å². The molecule has 0 amide bonds. The molecule has 0 aliphatic heterocycles. The second-order valence-corrected chi connectivity index (χ2v) is 5.40. The number of aliphatic hydroxyl groups excluding tert-OH is 1. The van der Waals surface area contributed by atoms with Crippen LogP contribution >= 0.6 is 34.7 Å². The zero-order valence-electron chi connectivity index (χ0n) is 7.55. The second-order valence-electron chi connectivity index (χ2n) is 2.64. The SMILES string of the molecule is OCc1sc(Sc2ccncc2)nc1Cl. The summed E-state index contributed by atoms with van der Waals surface area (Å²) in [6.07, 6.45) is 3.45. The minimum atomic E-state index is -0.0621. The predicted molar refractivity (Wildman–Crippen MR) is 61.4 cm³/mol. The van der Waals surface area contributed by atoms with Crippen LogP contribution in [0.15, 0.2) is 33.8 Å². The molecule has 0 aliphatic rings. The number of nitrogens with zero attached hydrogens (tertiary/aromatic N) is 2. The topological polar surface area (TPSA) is 46.0 Å². The summed E-state index contributed by atoms with van der Waals surface area (Å²) in [4.78, 5) is 9.83. The fourth-order valence-electron chi connectivity index (χ4n) is 0.961. The van der Waals surface area contributed by atoms with E-state index >= 15 is 0 Å². The maximum atomic E-state index is 8.96. The van der Waals surface area contributed by atoms with E-state index in [1.807, 2.05) is 12.1 Å². The van der Waals surface area contributed by atoms with Crippen molar-refractivity contribution in [3.05, 3.63) is 34.6 Å². The van der Waals surface area contributed by atoms with Crippen LogP contribution in [-0.4, -0.2) is 15.1 Å². The van der Waals surface area contributed by atoms with E-state index in [0.29, 0.717) is 10.0 Å². The fourth-order valence-corrected chi connectivity index (χ4v) is 3.22. The summed E-state index contributed by atoms with van der Waals surface area (Å²) in [6.45, 7) is -0.0621. The second kappa shape index (κ2) is 4.94. The molecule has 78 valence electrons. The number of aliphatic hydroxyl groups is 1. The van der Waals surface area contributed by atoms with Gasteiger partial charge in [0.1, 0.15) is 5.15 Å². The van der Waals surface area contributed by atoms with Crippen molar-refractivity contribution in [3.8, 4) is 0 Å². The van der Waals surface area contributed by atoms with Gasteiger partial charge in [-0.15, -0.1) is 11.3 Å². The highest BCUT2D eigenvalue weighted by atomic mass is 35.5. The van der Waals surface area contributed by atoms with Crippen molar-refractivity contribution in [3.63, 3.8) is 0 Å². The van der Waals surface area contributed by atoms with Crippen molar-refractivity contribution in [1.82, 2.24) is 9.97 Å².